The second-order valence-corrected chi connectivity index (χ2v) is 5.41. The highest BCUT2D eigenvalue weighted by Gasteiger charge is 2.19. The van der Waals surface area contributed by atoms with E-state index >= 15 is 0 Å². The lowest BCUT2D eigenvalue weighted by Gasteiger charge is -2.36. The number of carbonyl (C=O) groups is 1. The fraction of sp³-hybridized carbons (Fsp3) is 0.533. The summed E-state index contributed by atoms with van der Waals surface area (Å²) in [6, 6.07) is 7.94. The zero-order valence-corrected chi connectivity index (χ0v) is 12.2. The minimum absolute atomic E-state index is 0.355. The van der Waals surface area contributed by atoms with Crippen molar-refractivity contribution in [2.75, 3.05) is 37.6 Å². The van der Waals surface area contributed by atoms with Crippen LogP contribution < -0.4 is 4.90 Å². The van der Waals surface area contributed by atoms with Crippen LogP contribution in [0.4, 0.5) is 5.69 Å². The quantitative estimate of drug-likeness (QED) is 0.829. The van der Waals surface area contributed by atoms with Crippen LogP contribution >= 0.6 is 11.6 Å². The van der Waals surface area contributed by atoms with Gasteiger partial charge in [-0.15, -0.1) is 0 Å². The van der Waals surface area contributed by atoms with Crippen molar-refractivity contribution >= 4 is 23.1 Å². The van der Waals surface area contributed by atoms with Crippen molar-refractivity contribution in [3.63, 3.8) is 0 Å². The summed E-state index contributed by atoms with van der Waals surface area (Å²) in [6.45, 7) is 6.38. The largest absolute Gasteiger partial charge is 0.368 e. The standard InChI is InChI=1S/C15H21ClN2O/c1-2-5-13(19)12-17-8-10-18(11-9-17)15-7-4-3-6-14(15)16/h3-4,6-7H,2,5,8-12H2,1H3. The van der Waals surface area contributed by atoms with Crippen LogP contribution in [0.5, 0.6) is 0 Å². The van der Waals surface area contributed by atoms with E-state index in [1.165, 1.54) is 0 Å². The number of hydrogen-bond acceptors (Lipinski definition) is 3. The first-order valence-corrected chi connectivity index (χ1v) is 7.32. The van der Waals surface area contributed by atoms with Gasteiger partial charge in [-0.05, 0) is 18.6 Å². The van der Waals surface area contributed by atoms with Crippen LogP contribution in [0.3, 0.4) is 0 Å². The molecule has 0 bridgehead atoms. The molecule has 2 rings (SSSR count). The van der Waals surface area contributed by atoms with E-state index in [4.69, 9.17) is 11.6 Å². The van der Waals surface area contributed by atoms with E-state index in [1.54, 1.807) is 0 Å². The molecule has 4 heteroatoms. The number of piperazine rings is 1. The second kappa shape index (κ2) is 6.92. The highest BCUT2D eigenvalue weighted by atomic mass is 35.5. The van der Waals surface area contributed by atoms with Crippen LogP contribution in [0.15, 0.2) is 24.3 Å². The Morgan fingerprint density at radius 3 is 2.53 bits per heavy atom. The fourth-order valence-electron chi connectivity index (χ4n) is 2.46. The van der Waals surface area contributed by atoms with Crippen LogP contribution in [0.1, 0.15) is 19.8 Å². The third-order valence-electron chi connectivity index (χ3n) is 3.49. The molecule has 0 spiro atoms. The molecule has 0 unspecified atom stereocenters. The molecule has 1 aromatic rings. The molecule has 1 aliphatic heterocycles. The van der Waals surface area contributed by atoms with Crippen molar-refractivity contribution in [3.05, 3.63) is 29.3 Å². The SMILES string of the molecule is CCCC(=O)CN1CCN(c2ccccc2Cl)CC1. The minimum Gasteiger partial charge on any atom is -0.368 e. The predicted octanol–water partition coefficient (Wildman–Crippen LogP) is 2.83. The van der Waals surface area contributed by atoms with Crippen molar-refractivity contribution in [1.29, 1.82) is 0 Å². The Kier molecular flexibility index (Phi) is 5.23. The van der Waals surface area contributed by atoms with E-state index in [2.05, 4.69) is 15.9 Å². The molecule has 1 heterocycles. The molecule has 0 aromatic heterocycles. The van der Waals surface area contributed by atoms with Gasteiger partial charge in [0.15, 0.2) is 0 Å². The molecule has 0 N–H and O–H groups in total. The second-order valence-electron chi connectivity index (χ2n) is 5.00. The van der Waals surface area contributed by atoms with Gasteiger partial charge in [-0.2, -0.15) is 0 Å². The summed E-state index contributed by atoms with van der Waals surface area (Å²) in [7, 11) is 0. The summed E-state index contributed by atoms with van der Waals surface area (Å²) in [6.07, 6.45) is 1.64. The number of ketones is 1. The number of halogens is 1. The number of carbonyl (C=O) groups excluding carboxylic acids is 1. The number of nitrogens with zero attached hydrogens (tertiary/aromatic N) is 2. The minimum atomic E-state index is 0.355. The van der Waals surface area contributed by atoms with Gasteiger partial charge in [0.25, 0.3) is 0 Å². The molecule has 0 atom stereocenters. The topological polar surface area (TPSA) is 23.6 Å². The Hall–Kier alpha value is -1.06. The first-order chi connectivity index (χ1) is 9.20. The molecule has 1 aromatic carbocycles. The summed E-state index contributed by atoms with van der Waals surface area (Å²) in [5.41, 5.74) is 1.10. The number of para-hydroxylation sites is 1. The van der Waals surface area contributed by atoms with Gasteiger partial charge in [0.05, 0.1) is 17.3 Å². The van der Waals surface area contributed by atoms with E-state index < -0.39 is 0 Å². The zero-order valence-electron chi connectivity index (χ0n) is 11.4. The number of anilines is 1. The Bertz CT molecular complexity index is 428. The van der Waals surface area contributed by atoms with Crippen molar-refractivity contribution < 1.29 is 4.79 Å². The van der Waals surface area contributed by atoms with Crippen molar-refractivity contribution in [2.24, 2.45) is 0 Å². The smallest absolute Gasteiger partial charge is 0.146 e. The monoisotopic (exact) mass is 280 g/mol. The molecule has 1 fully saturated rings. The number of hydrogen-bond donors (Lipinski definition) is 0. The number of benzene rings is 1. The fourth-order valence-corrected chi connectivity index (χ4v) is 2.72. The lowest BCUT2D eigenvalue weighted by molar-refractivity contribution is -0.120. The Balaban J connectivity index is 1.86. The molecular weight excluding hydrogens is 260 g/mol. The van der Waals surface area contributed by atoms with Gasteiger partial charge < -0.3 is 4.90 Å². The molecule has 0 aliphatic carbocycles. The third kappa shape index (κ3) is 3.95. The maximum absolute atomic E-state index is 11.6. The Labute approximate surface area is 120 Å². The van der Waals surface area contributed by atoms with Gasteiger partial charge in [0.2, 0.25) is 0 Å². The predicted molar refractivity (Wildman–Crippen MR) is 80.0 cm³/mol. The van der Waals surface area contributed by atoms with Gasteiger partial charge in [-0.1, -0.05) is 30.7 Å². The Morgan fingerprint density at radius 1 is 1.21 bits per heavy atom. The van der Waals surface area contributed by atoms with Gasteiger partial charge >= 0.3 is 0 Å². The number of rotatable bonds is 5. The lowest BCUT2D eigenvalue weighted by Crippen LogP contribution is -2.48. The third-order valence-corrected chi connectivity index (χ3v) is 3.81. The molecule has 0 radical (unpaired) electrons. The van der Waals surface area contributed by atoms with Crippen LogP contribution in [0.25, 0.3) is 0 Å². The highest BCUT2D eigenvalue weighted by Crippen LogP contribution is 2.25. The first kappa shape index (κ1) is 14.4. The summed E-state index contributed by atoms with van der Waals surface area (Å²) in [5.74, 6) is 0.355. The summed E-state index contributed by atoms with van der Waals surface area (Å²) < 4.78 is 0. The van der Waals surface area contributed by atoms with E-state index in [0.717, 1.165) is 43.3 Å². The molecule has 0 saturated carbocycles. The molecule has 19 heavy (non-hydrogen) atoms. The Morgan fingerprint density at radius 2 is 1.89 bits per heavy atom. The van der Waals surface area contributed by atoms with E-state index in [1.807, 2.05) is 25.1 Å². The van der Waals surface area contributed by atoms with Crippen LogP contribution in [-0.4, -0.2) is 43.4 Å². The van der Waals surface area contributed by atoms with Crippen LogP contribution in [0, 0.1) is 0 Å². The van der Waals surface area contributed by atoms with E-state index in [0.29, 0.717) is 18.7 Å². The molecule has 1 aliphatic rings. The molecule has 0 amide bonds. The summed E-state index contributed by atoms with van der Waals surface area (Å²) >= 11 is 6.21. The van der Waals surface area contributed by atoms with Crippen LogP contribution in [-0.2, 0) is 4.79 Å². The van der Waals surface area contributed by atoms with Gasteiger partial charge in [-0.3, -0.25) is 9.69 Å². The van der Waals surface area contributed by atoms with Gasteiger partial charge in [-0.25, -0.2) is 0 Å². The number of Topliss-reactive ketones (excluding diaryl/α,β-unsaturated/α-hetero) is 1. The summed E-state index contributed by atoms with van der Waals surface area (Å²) in [4.78, 5) is 16.2. The van der Waals surface area contributed by atoms with E-state index in [-0.39, 0.29) is 0 Å². The normalized spacial score (nSPS) is 16.6. The first-order valence-electron chi connectivity index (χ1n) is 6.94. The van der Waals surface area contributed by atoms with E-state index in [9.17, 15) is 4.79 Å². The van der Waals surface area contributed by atoms with Crippen molar-refractivity contribution in [1.82, 2.24) is 4.90 Å². The summed E-state index contributed by atoms with van der Waals surface area (Å²) in [5, 5.41) is 0.804. The maximum Gasteiger partial charge on any atom is 0.146 e. The van der Waals surface area contributed by atoms with Gasteiger partial charge in [0.1, 0.15) is 5.78 Å². The molecule has 3 nitrogen and oxygen atoms in total. The van der Waals surface area contributed by atoms with Crippen LogP contribution in [0.2, 0.25) is 5.02 Å². The zero-order chi connectivity index (χ0) is 13.7. The maximum atomic E-state index is 11.6. The average Bonchev–Trinajstić information content (AvgIpc) is 2.41. The highest BCUT2D eigenvalue weighted by molar-refractivity contribution is 6.33. The average molecular weight is 281 g/mol. The molecule has 104 valence electrons. The molecular formula is C15H21ClN2O. The molecule has 1 saturated heterocycles. The lowest BCUT2D eigenvalue weighted by atomic mass is 10.2. The van der Waals surface area contributed by atoms with Crippen molar-refractivity contribution in [3.8, 4) is 0 Å². The van der Waals surface area contributed by atoms with Crippen molar-refractivity contribution in [2.45, 2.75) is 19.8 Å². The van der Waals surface area contributed by atoms with Gasteiger partial charge in [0, 0.05) is 32.6 Å².